The normalized spacial score (nSPS) is 18.9. The van der Waals surface area contributed by atoms with Crippen molar-refractivity contribution < 1.29 is 22.4 Å². The van der Waals surface area contributed by atoms with E-state index < -0.39 is 24.8 Å². The number of anilines is 1. The third-order valence-corrected chi connectivity index (χ3v) is 7.70. The lowest BCUT2D eigenvalue weighted by Crippen LogP contribution is -2.29. The predicted molar refractivity (Wildman–Crippen MR) is 129 cm³/mol. The van der Waals surface area contributed by atoms with Crippen LogP contribution in [0.3, 0.4) is 0 Å². The van der Waals surface area contributed by atoms with Crippen LogP contribution in [0.2, 0.25) is 0 Å². The van der Waals surface area contributed by atoms with E-state index in [1.807, 2.05) is 24.3 Å². The molecule has 1 saturated heterocycles. The maximum Gasteiger partial charge on any atom is 0.393 e. The molecule has 1 fully saturated rings. The van der Waals surface area contributed by atoms with Gasteiger partial charge in [-0.3, -0.25) is 0 Å². The van der Waals surface area contributed by atoms with E-state index in [9.17, 15) is 17.6 Å². The molecule has 0 saturated carbocycles. The Hall–Kier alpha value is -2.76. The molecule has 1 aliphatic heterocycles. The number of aromatic nitrogens is 1. The maximum atomic E-state index is 14.1. The molecule has 0 amide bonds. The van der Waals surface area contributed by atoms with Gasteiger partial charge in [0.15, 0.2) is 6.61 Å². The predicted octanol–water partition coefficient (Wildman–Crippen LogP) is 5.89. The minimum Gasteiger partial charge on any atom is -0.388 e. The summed E-state index contributed by atoms with van der Waals surface area (Å²) in [5, 5.41) is 11.2. The average molecular weight is 509 g/mol. The average Bonchev–Trinajstić information content (AvgIpc) is 3.48. The summed E-state index contributed by atoms with van der Waals surface area (Å²) < 4.78 is 55.8. The van der Waals surface area contributed by atoms with Gasteiger partial charge in [0.1, 0.15) is 11.2 Å². The zero-order valence-corrected chi connectivity index (χ0v) is 19.4. The number of oxime groups is 1. The van der Waals surface area contributed by atoms with Crippen molar-refractivity contribution in [2.24, 2.45) is 5.16 Å². The number of nitrogens with one attached hydrogen (secondary N) is 2. The molecule has 2 N–H and O–H groups in total. The summed E-state index contributed by atoms with van der Waals surface area (Å²) in [6.07, 6.45) is -5.23. The molecule has 5 nitrogen and oxygen atoms in total. The minimum absolute atomic E-state index is 0.120. The first-order valence-electron chi connectivity index (χ1n) is 10.6. The van der Waals surface area contributed by atoms with Crippen LogP contribution in [0.15, 0.2) is 47.6 Å². The number of para-hydroxylation sites is 1. The van der Waals surface area contributed by atoms with Gasteiger partial charge in [-0.1, -0.05) is 29.4 Å². The van der Waals surface area contributed by atoms with Gasteiger partial charge in [-0.25, -0.2) is 9.37 Å². The summed E-state index contributed by atoms with van der Waals surface area (Å²) >= 11 is 2.65. The van der Waals surface area contributed by atoms with Crippen LogP contribution in [0, 0.1) is 0 Å². The van der Waals surface area contributed by atoms with Crippen molar-refractivity contribution in [1.29, 1.82) is 0 Å². The molecule has 2 atom stereocenters. The third kappa shape index (κ3) is 5.01. The van der Waals surface area contributed by atoms with Crippen LogP contribution in [0.4, 0.5) is 23.2 Å². The fraction of sp³-hybridized carbons (Fsp3) is 0.304. The van der Waals surface area contributed by atoms with Gasteiger partial charge in [0.05, 0.1) is 44.2 Å². The monoisotopic (exact) mass is 508 g/mol. The van der Waals surface area contributed by atoms with E-state index in [0.717, 1.165) is 15.2 Å². The van der Waals surface area contributed by atoms with Crippen molar-refractivity contribution in [2.45, 2.75) is 31.4 Å². The molecule has 0 spiro atoms. The second-order valence-corrected chi connectivity index (χ2v) is 10.1. The van der Waals surface area contributed by atoms with Crippen LogP contribution in [-0.4, -0.2) is 42.7 Å². The van der Waals surface area contributed by atoms with E-state index in [0.29, 0.717) is 27.2 Å². The minimum atomic E-state index is -4.39. The van der Waals surface area contributed by atoms with Gasteiger partial charge in [0, 0.05) is 13.1 Å². The van der Waals surface area contributed by atoms with E-state index in [2.05, 4.69) is 20.8 Å². The van der Waals surface area contributed by atoms with Crippen molar-refractivity contribution in [3.63, 3.8) is 0 Å². The highest BCUT2D eigenvalue weighted by molar-refractivity contribution is 7.21. The number of halogens is 4. The number of hydrogen-bond donors (Lipinski definition) is 2. The number of thiophene rings is 1. The smallest absolute Gasteiger partial charge is 0.388 e. The summed E-state index contributed by atoms with van der Waals surface area (Å²) in [6, 6.07) is 12.3. The molecule has 3 heterocycles. The zero-order chi connectivity index (χ0) is 23.7. The number of fused-ring (bicyclic) bond motifs is 2. The Morgan fingerprint density at radius 3 is 2.76 bits per heavy atom. The van der Waals surface area contributed by atoms with Gasteiger partial charge >= 0.3 is 6.18 Å². The molecule has 0 unspecified atom stereocenters. The zero-order valence-electron chi connectivity index (χ0n) is 17.7. The van der Waals surface area contributed by atoms with Crippen LogP contribution < -0.4 is 10.6 Å². The Morgan fingerprint density at radius 1 is 1.15 bits per heavy atom. The van der Waals surface area contributed by atoms with Crippen LogP contribution in [0.25, 0.3) is 20.3 Å². The molecule has 5 rings (SSSR count). The van der Waals surface area contributed by atoms with Gasteiger partial charge in [-0.2, -0.15) is 13.2 Å². The van der Waals surface area contributed by atoms with Crippen molar-refractivity contribution in [1.82, 2.24) is 10.3 Å². The summed E-state index contributed by atoms with van der Waals surface area (Å²) in [5.41, 5.74) is 1.60. The van der Waals surface area contributed by atoms with Crippen molar-refractivity contribution in [3.8, 4) is 0 Å². The molecule has 1 aliphatic rings. The fourth-order valence-electron chi connectivity index (χ4n) is 3.94. The number of thiazole rings is 1. The second-order valence-electron chi connectivity index (χ2n) is 7.93. The summed E-state index contributed by atoms with van der Waals surface area (Å²) in [5.74, 6) is 0. The first-order valence-corrected chi connectivity index (χ1v) is 12.2. The van der Waals surface area contributed by atoms with E-state index in [-0.39, 0.29) is 18.7 Å². The van der Waals surface area contributed by atoms with Crippen LogP contribution in [0.1, 0.15) is 15.4 Å². The molecule has 11 heteroatoms. The van der Waals surface area contributed by atoms with E-state index in [1.165, 1.54) is 28.9 Å². The first kappa shape index (κ1) is 23.0. The molecule has 0 aliphatic carbocycles. The van der Waals surface area contributed by atoms with E-state index in [4.69, 9.17) is 4.84 Å². The Kier molecular flexibility index (Phi) is 6.41. The summed E-state index contributed by atoms with van der Waals surface area (Å²) in [4.78, 5) is 10.2. The summed E-state index contributed by atoms with van der Waals surface area (Å²) in [7, 11) is 0. The maximum absolute atomic E-state index is 14.1. The van der Waals surface area contributed by atoms with Gasteiger partial charge in [-0.05, 0) is 29.1 Å². The SMILES string of the molecule is F[C@H]1CNC[C@H]1Nc1cccc2c(CC(F)(F)F)c(/C=N/OCc3nc4ccccc4s3)sc12. The quantitative estimate of drug-likeness (QED) is 0.186. The Balaban J connectivity index is 1.40. The topological polar surface area (TPSA) is 58.5 Å². The highest BCUT2D eigenvalue weighted by Gasteiger charge is 2.32. The Bertz CT molecular complexity index is 1300. The highest BCUT2D eigenvalue weighted by Crippen LogP contribution is 2.39. The molecule has 178 valence electrons. The lowest BCUT2D eigenvalue weighted by atomic mass is 10.1. The number of alkyl halides is 4. The third-order valence-electron chi connectivity index (χ3n) is 5.48. The van der Waals surface area contributed by atoms with Crippen LogP contribution in [-0.2, 0) is 17.9 Å². The molecule has 2 aromatic carbocycles. The van der Waals surface area contributed by atoms with Gasteiger partial charge in [0.25, 0.3) is 0 Å². The molecular weight excluding hydrogens is 488 g/mol. The van der Waals surface area contributed by atoms with Crippen LogP contribution >= 0.6 is 22.7 Å². The van der Waals surface area contributed by atoms with Crippen molar-refractivity contribution in [3.05, 3.63) is 57.9 Å². The number of hydrogen-bond acceptors (Lipinski definition) is 7. The van der Waals surface area contributed by atoms with E-state index in [1.54, 1.807) is 18.2 Å². The lowest BCUT2D eigenvalue weighted by Gasteiger charge is -2.16. The molecule has 0 radical (unpaired) electrons. The molecule has 4 aromatic rings. The molecule has 2 aromatic heterocycles. The van der Waals surface area contributed by atoms with Crippen molar-refractivity contribution in [2.75, 3.05) is 18.4 Å². The fourth-order valence-corrected chi connectivity index (χ4v) is 5.97. The number of rotatable bonds is 7. The summed E-state index contributed by atoms with van der Waals surface area (Å²) in [6.45, 7) is 0.822. The lowest BCUT2D eigenvalue weighted by molar-refractivity contribution is -0.126. The molecular formula is C23H20F4N4OS2. The highest BCUT2D eigenvalue weighted by atomic mass is 32.1. The molecule has 0 bridgehead atoms. The Morgan fingerprint density at radius 2 is 2.00 bits per heavy atom. The first-order chi connectivity index (χ1) is 16.4. The second kappa shape index (κ2) is 9.47. The largest absolute Gasteiger partial charge is 0.393 e. The van der Waals surface area contributed by atoms with Gasteiger partial charge in [-0.15, -0.1) is 22.7 Å². The van der Waals surface area contributed by atoms with E-state index >= 15 is 0 Å². The van der Waals surface area contributed by atoms with Gasteiger partial charge in [0.2, 0.25) is 0 Å². The van der Waals surface area contributed by atoms with Crippen LogP contribution in [0.5, 0.6) is 0 Å². The van der Waals surface area contributed by atoms with Gasteiger partial charge < -0.3 is 15.5 Å². The van der Waals surface area contributed by atoms with Crippen molar-refractivity contribution >= 4 is 54.9 Å². The number of benzene rings is 2. The number of nitrogens with zero attached hydrogens (tertiary/aromatic N) is 2. The standard InChI is InChI=1S/C23H20F4N4OS2/c24-15-9-28-10-18(15)30-17-6-3-4-13-14(8-23(25,26)27)20(34-22(13)17)11-29-32-12-21-31-16-5-1-2-7-19(16)33-21/h1-7,11,15,18,28,30H,8-10,12H2/b29-11+/t15-,18+/m0/s1. The molecule has 34 heavy (non-hydrogen) atoms. The Labute approximate surface area is 200 Å².